The molecule has 23 heavy (non-hydrogen) atoms. The second kappa shape index (κ2) is 5.89. The fraction of sp³-hybridized carbons (Fsp3) is 0.176. The van der Waals surface area contributed by atoms with Crippen molar-refractivity contribution < 1.29 is 9.53 Å². The molecule has 2 aromatic heterocycles. The molecule has 0 unspecified atom stereocenters. The summed E-state index contributed by atoms with van der Waals surface area (Å²) in [7, 11) is 1.80. The van der Waals surface area contributed by atoms with Crippen LogP contribution in [0.2, 0.25) is 0 Å². The molecule has 0 aliphatic heterocycles. The van der Waals surface area contributed by atoms with Crippen molar-refractivity contribution in [2.45, 2.75) is 13.5 Å². The lowest BCUT2D eigenvalue weighted by Crippen LogP contribution is -2.07. The number of pyridine rings is 1. The molecule has 6 heteroatoms. The molecule has 0 radical (unpaired) electrons. The van der Waals surface area contributed by atoms with Gasteiger partial charge in [-0.15, -0.1) is 0 Å². The standard InChI is InChI=1S/C17H14N4O2/c1-11-15-7-14(9-19-16(15)21(2)20-11)17(22)23-10-13-6-4-3-5-12(13)8-18/h3-7,9H,10H2,1-2H3. The molecular formula is C17H14N4O2. The Hall–Kier alpha value is -3.20. The molecule has 2 heterocycles. The van der Waals surface area contributed by atoms with Crippen LogP contribution in [-0.2, 0) is 18.4 Å². The molecule has 6 nitrogen and oxygen atoms in total. The van der Waals surface area contributed by atoms with E-state index in [1.807, 2.05) is 6.92 Å². The van der Waals surface area contributed by atoms with Crippen LogP contribution in [0.4, 0.5) is 0 Å². The largest absolute Gasteiger partial charge is 0.457 e. The molecule has 114 valence electrons. The minimum atomic E-state index is -0.476. The lowest BCUT2D eigenvalue weighted by molar-refractivity contribution is 0.0472. The van der Waals surface area contributed by atoms with Gasteiger partial charge in [-0.1, -0.05) is 18.2 Å². The van der Waals surface area contributed by atoms with Gasteiger partial charge < -0.3 is 4.74 Å². The van der Waals surface area contributed by atoms with Crippen LogP contribution >= 0.6 is 0 Å². The first-order chi connectivity index (χ1) is 11.1. The maximum absolute atomic E-state index is 12.2. The summed E-state index contributed by atoms with van der Waals surface area (Å²) in [6.45, 7) is 1.91. The first-order valence-corrected chi connectivity index (χ1v) is 7.04. The van der Waals surface area contributed by atoms with Gasteiger partial charge in [-0.3, -0.25) is 4.68 Å². The average molecular weight is 306 g/mol. The van der Waals surface area contributed by atoms with Crippen LogP contribution in [0.1, 0.15) is 27.2 Å². The topological polar surface area (TPSA) is 80.8 Å². The molecule has 0 fully saturated rings. The Balaban J connectivity index is 1.81. The highest BCUT2D eigenvalue weighted by Crippen LogP contribution is 2.17. The van der Waals surface area contributed by atoms with Crippen molar-refractivity contribution in [3.8, 4) is 6.07 Å². The van der Waals surface area contributed by atoms with E-state index >= 15 is 0 Å². The third-order valence-corrected chi connectivity index (χ3v) is 3.60. The number of aryl methyl sites for hydroxylation is 2. The predicted molar refractivity (Wildman–Crippen MR) is 83.5 cm³/mol. The van der Waals surface area contributed by atoms with Gasteiger partial charge >= 0.3 is 5.97 Å². The average Bonchev–Trinajstić information content (AvgIpc) is 2.86. The first kappa shape index (κ1) is 14.7. The fourth-order valence-corrected chi connectivity index (χ4v) is 2.40. The van der Waals surface area contributed by atoms with E-state index in [1.54, 1.807) is 42.1 Å². The van der Waals surface area contributed by atoms with E-state index in [2.05, 4.69) is 16.2 Å². The summed E-state index contributed by atoms with van der Waals surface area (Å²) in [6.07, 6.45) is 1.47. The van der Waals surface area contributed by atoms with Crippen LogP contribution in [0.25, 0.3) is 11.0 Å². The highest BCUT2D eigenvalue weighted by molar-refractivity contribution is 5.93. The number of carbonyl (C=O) groups excluding carboxylic acids is 1. The number of esters is 1. The van der Waals surface area contributed by atoms with Crippen LogP contribution < -0.4 is 0 Å². The second-order valence-corrected chi connectivity index (χ2v) is 5.15. The number of hydrogen-bond donors (Lipinski definition) is 0. The molecule has 1 aromatic carbocycles. The van der Waals surface area contributed by atoms with Gasteiger partial charge in [0, 0.05) is 24.2 Å². The Bertz CT molecular complexity index is 937. The molecule has 0 saturated heterocycles. The summed E-state index contributed by atoms with van der Waals surface area (Å²) in [5, 5.41) is 14.1. The van der Waals surface area contributed by atoms with Crippen LogP contribution in [0.15, 0.2) is 36.5 Å². The van der Waals surface area contributed by atoms with Crippen molar-refractivity contribution in [3.05, 3.63) is 58.9 Å². The van der Waals surface area contributed by atoms with Gasteiger partial charge in [-0.2, -0.15) is 10.4 Å². The Morgan fingerprint density at radius 2 is 2.17 bits per heavy atom. The van der Waals surface area contributed by atoms with Gasteiger partial charge in [0.2, 0.25) is 0 Å². The number of benzene rings is 1. The lowest BCUT2D eigenvalue weighted by Gasteiger charge is -2.06. The molecule has 3 aromatic rings. The summed E-state index contributed by atoms with van der Waals surface area (Å²) in [6, 6.07) is 10.8. The van der Waals surface area contributed by atoms with E-state index in [1.165, 1.54) is 6.20 Å². The van der Waals surface area contributed by atoms with Crippen molar-refractivity contribution in [1.82, 2.24) is 14.8 Å². The van der Waals surface area contributed by atoms with Crippen LogP contribution in [0.5, 0.6) is 0 Å². The number of nitrogens with zero attached hydrogens (tertiary/aromatic N) is 4. The van der Waals surface area contributed by atoms with Crippen LogP contribution in [0.3, 0.4) is 0 Å². The van der Waals surface area contributed by atoms with Gasteiger partial charge in [-0.05, 0) is 19.1 Å². The van der Waals surface area contributed by atoms with Crippen molar-refractivity contribution in [3.63, 3.8) is 0 Å². The summed E-state index contributed by atoms with van der Waals surface area (Å²) in [4.78, 5) is 16.5. The van der Waals surface area contributed by atoms with Gasteiger partial charge in [0.05, 0.1) is 22.9 Å². The third-order valence-electron chi connectivity index (χ3n) is 3.60. The highest BCUT2D eigenvalue weighted by Gasteiger charge is 2.13. The maximum atomic E-state index is 12.2. The summed E-state index contributed by atoms with van der Waals surface area (Å²) in [5.41, 5.74) is 3.06. The van der Waals surface area contributed by atoms with Gasteiger partial charge in [0.15, 0.2) is 5.65 Å². The molecule has 0 aliphatic rings. The zero-order valence-corrected chi connectivity index (χ0v) is 12.8. The molecule has 0 aliphatic carbocycles. The minimum absolute atomic E-state index is 0.0482. The van der Waals surface area contributed by atoms with E-state index in [0.29, 0.717) is 22.3 Å². The lowest BCUT2D eigenvalue weighted by atomic mass is 10.1. The Labute approximate surface area is 132 Å². The normalized spacial score (nSPS) is 10.5. The predicted octanol–water partition coefficient (Wildman–Crippen LogP) is 2.51. The third kappa shape index (κ3) is 2.77. The van der Waals surface area contributed by atoms with Crippen molar-refractivity contribution in [1.29, 1.82) is 5.26 Å². The SMILES string of the molecule is Cc1nn(C)c2ncc(C(=O)OCc3ccccc3C#N)cc12. The monoisotopic (exact) mass is 306 g/mol. The Kier molecular flexibility index (Phi) is 3.77. The van der Waals surface area contributed by atoms with E-state index in [0.717, 1.165) is 11.1 Å². The number of hydrogen-bond acceptors (Lipinski definition) is 5. The van der Waals surface area contributed by atoms with Gasteiger partial charge in [0.25, 0.3) is 0 Å². The second-order valence-electron chi connectivity index (χ2n) is 5.15. The van der Waals surface area contributed by atoms with E-state index < -0.39 is 5.97 Å². The number of fused-ring (bicyclic) bond motifs is 1. The first-order valence-electron chi connectivity index (χ1n) is 7.04. The Morgan fingerprint density at radius 3 is 2.96 bits per heavy atom. The number of carbonyl (C=O) groups is 1. The molecule has 3 rings (SSSR count). The zero-order chi connectivity index (χ0) is 16.4. The van der Waals surface area contributed by atoms with Crippen molar-refractivity contribution in [2.24, 2.45) is 7.05 Å². The number of ether oxygens (including phenoxy) is 1. The molecular weight excluding hydrogens is 292 g/mol. The minimum Gasteiger partial charge on any atom is -0.457 e. The highest BCUT2D eigenvalue weighted by atomic mass is 16.5. The summed E-state index contributed by atoms with van der Waals surface area (Å²) in [5.74, 6) is -0.476. The zero-order valence-electron chi connectivity index (χ0n) is 12.8. The maximum Gasteiger partial charge on any atom is 0.340 e. The smallest absolute Gasteiger partial charge is 0.340 e. The molecule has 0 amide bonds. The van der Waals surface area contributed by atoms with Gasteiger partial charge in [0.1, 0.15) is 6.61 Å². The van der Waals surface area contributed by atoms with E-state index in [4.69, 9.17) is 10.00 Å². The molecule has 0 N–H and O–H groups in total. The summed E-state index contributed by atoms with van der Waals surface area (Å²) >= 11 is 0. The van der Waals surface area contributed by atoms with Gasteiger partial charge in [-0.25, -0.2) is 9.78 Å². The van der Waals surface area contributed by atoms with E-state index in [-0.39, 0.29) is 6.61 Å². The molecule has 0 atom stereocenters. The summed E-state index contributed by atoms with van der Waals surface area (Å²) < 4.78 is 6.96. The number of aromatic nitrogens is 3. The van der Waals surface area contributed by atoms with E-state index in [9.17, 15) is 4.79 Å². The number of rotatable bonds is 3. The van der Waals surface area contributed by atoms with Crippen molar-refractivity contribution in [2.75, 3.05) is 0 Å². The fourth-order valence-electron chi connectivity index (χ4n) is 2.40. The van der Waals surface area contributed by atoms with Crippen molar-refractivity contribution >= 4 is 17.0 Å². The molecule has 0 bridgehead atoms. The Morgan fingerprint density at radius 1 is 1.39 bits per heavy atom. The molecule has 0 saturated carbocycles. The number of nitriles is 1. The molecule has 0 spiro atoms. The quantitative estimate of drug-likeness (QED) is 0.694. The van der Waals surface area contributed by atoms with Crippen LogP contribution in [-0.4, -0.2) is 20.7 Å². The van der Waals surface area contributed by atoms with Crippen LogP contribution in [0, 0.1) is 18.3 Å².